The molecular formula is C18H16N4. The lowest BCUT2D eigenvalue weighted by atomic mass is 10.1. The number of para-hydroxylation sites is 1. The molecule has 4 nitrogen and oxygen atoms in total. The van der Waals surface area contributed by atoms with Crippen molar-refractivity contribution in [3.8, 4) is 11.1 Å². The van der Waals surface area contributed by atoms with Gasteiger partial charge < -0.3 is 10.3 Å². The molecule has 0 aliphatic rings. The zero-order valence-corrected chi connectivity index (χ0v) is 12.3. The summed E-state index contributed by atoms with van der Waals surface area (Å²) in [5, 5.41) is 9.68. The quantitative estimate of drug-likeness (QED) is 0.609. The molecule has 0 spiro atoms. The topological polar surface area (TPSA) is 56.7 Å². The van der Waals surface area contributed by atoms with Crippen LogP contribution < -0.4 is 5.73 Å². The lowest BCUT2D eigenvalue weighted by molar-refractivity contribution is 0.826. The number of nitrogens with two attached hydrogens (primary N) is 1. The first-order valence-electron chi connectivity index (χ1n) is 7.39. The van der Waals surface area contributed by atoms with Crippen LogP contribution in [0.1, 0.15) is 6.92 Å². The van der Waals surface area contributed by atoms with E-state index in [1.165, 1.54) is 0 Å². The summed E-state index contributed by atoms with van der Waals surface area (Å²) in [6.45, 7) is 2.99. The zero-order chi connectivity index (χ0) is 15.1. The monoisotopic (exact) mass is 288 g/mol. The molecule has 0 amide bonds. The Morgan fingerprint density at radius 2 is 1.68 bits per heavy atom. The summed E-state index contributed by atoms with van der Waals surface area (Å²) in [5.41, 5.74) is 11.3. The highest BCUT2D eigenvalue weighted by atomic mass is 15.2. The third-order valence-electron chi connectivity index (χ3n) is 4.07. The highest BCUT2D eigenvalue weighted by Crippen LogP contribution is 2.36. The van der Waals surface area contributed by atoms with Crippen molar-refractivity contribution in [1.29, 1.82) is 0 Å². The van der Waals surface area contributed by atoms with Gasteiger partial charge in [-0.25, -0.2) is 0 Å². The average molecular weight is 288 g/mol. The molecule has 4 rings (SSSR count). The Bertz CT molecular complexity index is 971. The maximum atomic E-state index is 6.18. The van der Waals surface area contributed by atoms with Crippen LogP contribution in [0.4, 0.5) is 5.82 Å². The normalized spacial score (nSPS) is 11.3. The molecule has 4 heteroatoms. The van der Waals surface area contributed by atoms with Crippen molar-refractivity contribution in [2.24, 2.45) is 0 Å². The number of nitrogen functional groups attached to an aromatic ring is 1. The fourth-order valence-electron chi connectivity index (χ4n) is 3.13. The van der Waals surface area contributed by atoms with Crippen molar-refractivity contribution >= 4 is 27.8 Å². The van der Waals surface area contributed by atoms with E-state index < -0.39 is 0 Å². The molecule has 2 heterocycles. The van der Waals surface area contributed by atoms with Crippen molar-refractivity contribution in [1.82, 2.24) is 14.8 Å². The number of rotatable bonds is 2. The van der Waals surface area contributed by atoms with E-state index >= 15 is 0 Å². The predicted octanol–water partition coefficient (Wildman–Crippen LogP) is 3.85. The Labute approximate surface area is 128 Å². The SMILES string of the molecule is CCn1c2ccccc2c2nnc(N)c(-c3ccccc3)c21. The van der Waals surface area contributed by atoms with E-state index in [1.807, 2.05) is 30.3 Å². The molecule has 0 radical (unpaired) electrons. The minimum atomic E-state index is 0.469. The Kier molecular flexibility index (Phi) is 2.82. The van der Waals surface area contributed by atoms with Crippen LogP contribution in [0.3, 0.4) is 0 Å². The molecule has 2 aromatic heterocycles. The van der Waals surface area contributed by atoms with Crippen LogP contribution >= 0.6 is 0 Å². The molecule has 2 aromatic carbocycles. The van der Waals surface area contributed by atoms with Gasteiger partial charge in [0.2, 0.25) is 0 Å². The summed E-state index contributed by atoms with van der Waals surface area (Å²) in [6, 6.07) is 18.4. The Morgan fingerprint density at radius 1 is 0.955 bits per heavy atom. The zero-order valence-electron chi connectivity index (χ0n) is 12.3. The molecular weight excluding hydrogens is 272 g/mol. The van der Waals surface area contributed by atoms with E-state index in [0.717, 1.165) is 39.6 Å². The van der Waals surface area contributed by atoms with Gasteiger partial charge >= 0.3 is 0 Å². The Morgan fingerprint density at radius 3 is 2.45 bits per heavy atom. The van der Waals surface area contributed by atoms with Gasteiger partial charge in [-0.2, -0.15) is 0 Å². The number of hydrogen-bond donors (Lipinski definition) is 1. The number of hydrogen-bond acceptors (Lipinski definition) is 3. The van der Waals surface area contributed by atoms with Crippen LogP contribution in [0.15, 0.2) is 54.6 Å². The number of fused-ring (bicyclic) bond motifs is 3. The van der Waals surface area contributed by atoms with Crippen LogP contribution in [0, 0.1) is 0 Å². The summed E-state index contributed by atoms with van der Waals surface area (Å²) in [7, 11) is 0. The summed E-state index contributed by atoms with van der Waals surface area (Å²) in [4.78, 5) is 0. The summed E-state index contributed by atoms with van der Waals surface area (Å²) < 4.78 is 2.26. The number of aryl methyl sites for hydroxylation is 1. The van der Waals surface area contributed by atoms with Gasteiger partial charge in [0, 0.05) is 11.9 Å². The lowest BCUT2D eigenvalue weighted by Crippen LogP contribution is -2.01. The smallest absolute Gasteiger partial charge is 0.156 e. The van der Waals surface area contributed by atoms with E-state index in [-0.39, 0.29) is 0 Å². The number of benzene rings is 2. The maximum Gasteiger partial charge on any atom is 0.156 e. The second-order valence-electron chi connectivity index (χ2n) is 5.28. The molecule has 0 atom stereocenters. The van der Waals surface area contributed by atoms with Crippen LogP contribution in [-0.4, -0.2) is 14.8 Å². The van der Waals surface area contributed by atoms with E-state index in [2.05, 4.69) is 46.0 Å². The first-order valence-corrected chi connectivity index (χ1v) is 7.39. The van der Waals surface area contributed by atoms with Gasteiger partial charge in [0.1, 0.15) is 5.52 Å². The third kappa shape index (κ3) is 1.70. The van der Waals surface area contributed by atoms with E-state index in [0.29, 0.717) is 5.82 Å². The fraction of sp³-hybridized carbons (Fsp3) is 0.111. The molecule has 22 heavy (non-hydrogen) atoms. The van der Waals surface area contributed by atoms with Crippen molar-refractivity contribution in [2.45, 2.75) is 13.5 Å². The van der Waals surface area contributed by atoms with Gasteiger partial charge in [-0.3, -0.25) is 0 Å². The second-order valence-corrected chi connectivity index (χ2v) is 5.28. The highest BCUT2D eigenvalue weighted by molar-refractivity contribution is 6.11. The van der Waals surface area contributed by atoms with Crippen LogP contribution in [0.5, 0.6) is 0 Å². The van der Waals surface area contributed by atoms with E-state index in [4.69, 9.17) is 5.73 Å². The van der Waals surface area contributed by atoms with Gasteiger partial charge in [-0.15, -0.1) is 10.2 Å². The number of aromatic nitrogens is 3. The molecule has 4 aromatic rings. The molecule has 108 valence electrons. The predicted molar refractivity (Wildman–Crippen MR) is 90.6 cm³/mol. The van der Waals surface area contributed by atoms with Gasteiger partial charge in [-0.05, 0) is 18.6 Å². The lowest BCUT2D eigenvalue weighted by Gasteiger charge is -2.10. The minimum absolute atomic E-state index is 0.469. The molecule has 0 bridgehead atoms. The molecule has 0 aliphatic heterocycles. The van der Waals surface area contributed by atoms with Crippen LogP contribution in [0.25, 0.3) is 33.1 Å². The van der Waals surface area contributed by atoms with Crippen LogP contribution in [-0.2, 0) is 6.54 Å². The molecule has 0 fully saturated rings. The summed E-state index contributed by atoms with van der Waals surface area (Å²) in [6.07, 6.45) is 0. The van der Waals surface area contributed by atoms with Gasteiger partial charge in [0.15, 0.2) is 5.82 Å². The first-order chi connectivity index (χ1) is 10.8. The van der Waals surface area contributed by atoms with Gasteiger partial charge in [0.25, 0.3) is 0 Å². The third-order valence-corrected chi connectivity index (χ3v) is 4.07. The molecule has 0 unspecified atom stereocenters. The fourth-order valence-corrected chi connectivity index (χ4v) is 3.13. The largest absolute Gasteiger partial charge is 0.382 e. The molecule has 2 N–H and O–H groups in total. The Hall–Kier alpha value is -2.88. The average Bonchev–Trinajstić information content (AvgIpc) is 2.89. The number of nitrogens with zero attached hydrogens (tertiary/aromatic N) is 3. The van der Waals surface area contributed by atoms with Crippen molar-refractivity contribution < 1.29 is 0 Å². The van der Waals surface area contributed by atoms with Crippen molar-refractivity contribution in [3.63, 3.8) is 0 Å². The highest BCUT2D eigenvalue weighted by Gasteiger charge is 2.18. The first kappa shape index (κ1) is 12.8. The van der Waals surface area contributed by atoms with Crippen molar-refractivity contribution in [2.75, 3.05) is 5.73 Å². The second kappa shape index (κ2) is 4.84. The minimum Gasteiger partial charge on any atom is -0.382 e. The summed E-state index contributed by atoms with van der Waals surface area (Å²) in [5.74, 6) is 0.469. The standard InChI is InChI=1S/C18H16N4/c1-2-22-14-11-7-6-10-13(14)16-17(22)15(18(19)21-20-16)12-8-4-3-5-9-12/h3-11H,2H2,1H3,(H2,19,21). The van der Waals surface area contributed by atoms with E-state index in [1.54, 1.807) is 0 Å². The maximum absolute atomic E-state index is 6.18. The number of anilines is 1. The molecule has 0 aliphatic carbocycles. The van der Waals surface area contributed by atoms with Crippen molar-refractivity contribution in [3.05, 3.63) is 54.6 Å². The molecule has 0 saturated heterocycles. The summed E-state index contributed by atoms with van der Waals surface area (Å²) >= 11 is 0. The molecule has 0 saturated carbocycles. The van der Waals surface area contributed by atoms with E-state index in [9.17, 15) is 0 Å². The van der Waals surface area contributed by atoms with Gasteiger partial charge in [-0.1, -0.05) is 48.5 Å². The Balaban J connectivity index is 2.23. The van der Waals surface area contributed by atoms with Gasteiger partial charge in [0.05, 0.1) is 16.6 Å². The van der Waals surface area contributed by atoms with Crippen LogP contribution in [0.2, 0.25) is 0 Å².